The predicted molar refractivity (Wildman–Crippen MR) is 52.8 cm³/mol. The molecule has 0 unspecified atom stereocenters. The Balaban J connectivity index is 2.79. The third-order valence-electron chi connectivity index (χ3n) is 1.35. The number of rotatable bonds is 3. The molecule has 0 fully saturated rings. The lowest BCUT2D eigenvalue weighted by molar-refractivity contribution is 0.0520. The van der Waals surface area contributed by atoms with E-state index in [-0.39, 0.29) is 5.97 Å². The van der Waals surface area contributed by atoms with Gasteiger partial charge in [-0.1, -0.05) is 6.58 Å². The van der Waals surface area contributed by atoms with Gasteiger partial charge in [-0.3, -0.25) is 0 Å². The minimum absolute atomic E-state index is 0.366. The maximum absolute atomic E-state index is 11.2. The van der Waals surface area contributed by atoms with Gasteiger partial charge >= 0.3 is 5.97 Å². The number of allylic oxidation sites excluding steroid dienone is 1. The van der Waals surface area contributed by atoms with Crippen molar-refractivity contribution in [2.75, 3.05) is 6.61 Å². The van der Waals surface area contributed by atoms with Gasteiger partial charge in [0.25, 0.3) is 0 Å². The van der Waals surface area contributed by atoms with Gasteiger partial charge in [-0.15, -0.1) is 11.3 Å². The fourth-order valence-corrected chi connectivity index (χ4v) is 1.49. The highest BCUT2D eigenvalue weighted by molar-refractivity contribution is 7.10. The predicted octanol–water partition coefficient (Wildman–Crippen LogP) is 2.35. The van der Waals surface area contributed by atoms with E-state index in [1.54, 1.807) is 12.3 Å². The summed E-state index contributed by atoms with van der Waals surface area (Å²) in [7, 11) is 0. The SMILES string of the molecule is C=C(C)c1nc(C(=O)OCC)cs1. The van der Waals surface area contributed by atoms with E-state index in [9.17, 15) is 4.79 Å². The average Bonchev–Trinajstić information content (AvgIpc) is 2.52. The number of thiazole rings is 1. The molecule has 0 radical (unpaired) electrons. The third kappa shape index (κ3) is 2.39. The standard InChI is InChI=1S/C9H11NO2S/c1-4-12-9(11)7-5-13-8(10-7)6(2)3/h5H,2,4H2,1,3H3. The second kappa shape index (κ2) is 4.18. The first-order valence-electron chi connectivity index (χ1n) is 3.93. The number of ether oxygens (including phenoxy) is 1. The number of carbonyl (C=O) groups excluding carboxylic acids is 1. The summed E-state index contributed by atoms with van der Waals surface area (Å²) in [5.74, 6) is -0.369. The molecule has 0 saturated carbocycles. The van der Waals surface area contributed by atoms with Crippen LogP contribution in [0.4, 0.5) is 0 Å². The number of hydrogen-bond acceptors (Lipinski definition) is 4. The molecule has 0 amide bonds. The minimum Gasteiger partial charge on any atom is -0.461 e. The van der Waals surface area contributed by atoms with Gasteiger partial charge in [-0.25, -0.2) is 9.78 Å². The Morgan fingerprint density at radius 1 is 1.77 bits per heavy atom. The first-order valence-corrected chi connectivity index (χ1v) is 4.81. The molecule has 4 heteroatoms. The lowest BCUT2D eigenvalue weighted by Crippen LogP contribution is -2.04. The van der Waals surface area contributed by atoms with Crippen LogP contribution in [0, 0.1) is 0 Å². The fraction of sp³-hybridized carbons (Fsp3) is 0.333. The van der Waals surface area contributed by atoms with Gasteiger partial charge in [-0.05, 0) is 19.4 Å². The molecule has 0 spiro atoms. The Kier molecular flexibility index (Phi) is 3.19. The average molecular weight is 197 g/mol. The van der Waals surface area contributed by atoms with Crippen LogP contribution >= 0.6 is 11.3 Å². The molecular formula is C9H11NO2S. The van der Waals surface area contributed by atoms with E-state index in [1.807, 2.05) is 6.92 Å². The van der Waals surface area contributed by atoms with Crippen molar-refractivity contribution in [3.8, 4) is 0 Å². The maximum atomic E-state index is 11.2. The Labute approximate surface area is 81.1 Å². The van der Waals surface area contributed by atoms with E-state index in [0.717, 1.165) is 10.6 Å². The minimum atomic E-state index is -0.369. The molecule has 0 aliphatic carbocycles. The van der Waals surface area contributed by atoms with Gasteiger partial charge in [0.05, 0.1) is 6.61 Å². The van der Waals surface area contributed by atoms with E-state index in [0.29, 0.717) is 12.3 Å². The molecular weight excluding hydrogens is 186 g/mol. The van der Waals surface area contributed by atoms with Gasteiger partial charge in [0.15, 0.2) is 5.69 Å². The third-order valence-corrected chi connectivity index (χ3v) is 2.36. The number of esters is 1. The van der Waals surface area contributed by atoms with E-state index in [4.69, 9.17) is 4.74 Å². The Morgan fingerprint density at radius 2 is 2.46 bits per heavy atom. The second-order valence-electron chi connectivity index (χ2n) is 2.54. The van der Waals surface area contributed by atoms with Crippen molar-refractivity contribution in [3.05, 3.63) is 22.7 Å². The summed E-state index contributed by atoms with van der Waals surface area (Å²) in [4.78, 5) is 15.2. The molecule has 1 heterocycles. The number of carbonyl (C=O) groups is 1. The summed E-state index contributed by atoms with van der Waals surface area (Å²) in [5, 5.41) is 2.46. The Morgan fingerprint density at radius 3 is 2.92 bits per heavy atom. The lowest BCUT2D eigenvalue weighted by atomic mass is 10.4. The topological polar surface area (TPSA) is 39.2 Å². The number of nitrogens with zero attached hydrogens (tertiary/aromatic N) is 1. The van der Waals surface area contributed by atoms with Crippen LogP contribution < -0.4 is 0 Å². The van der Waals surface area contributed by atoms with Gasteiger partial charge in [-0.2, -0.15) is 0 Å². The normalized spacial score (nSPS) is 9.69. The van der Waals surface area contributed by atoms with Gasteiger partial charge in [0, 0.05) is 5.38 Å². The Bertz CT molecular complexity index is 330. The van der Waals surface area contributed by atoms with Gasteiger partial charge < -0.3 is 4.74 Å². The van der Waals surface area contributed by atoms with Crippen LogP contribution in [0.3, 0.4) is 0 Å². The summed E-state index contributed by atoms with van der Waals surface area (Å²) in [5.41, 5.74) is 1.23. The van der Waals surface area contributed by atoms with Gasteiger partial charge in [0.1, 0.15) is 5.01 Å². The molecule has 0 N–H and O–H groups in total. The maximum Gasteiger partial charge on any atom is 0.357 e. The molecule has 1 rings (SSSR count). The molecule has 0 aliphatic heterocycles. The zero-order valence-corrected chi connectivity index (χ0v) is 8.48. The second-order valence-corrected chi connectivity index (χ2v) is 3.40. The molecule has 0 atom stereocenters. The molecule has 0 saturated heterocycles. The van der Waals surface area contributed by atoms with Crippen molar-refractivity contribution in [2.45, 2.75) is 13.8 Å². The molecule has 1 aromatic heterocycles. The van der Waals surface area contributed by atoms with Crippen molar-refractivity contribution in [2.24, 2.45) is 0 Å². The molecule has 13 heavy (non-hydrogen) atoms. The molecule has 0 aromatic carbocycles. The highest BCUT2D eigenvalue weighted by atomic mass is 32.1. The summed E-state index contributed by atoms with van der Waals surface area (Å²) in [6.45, 7) is 7.74. The molecule has 70 valence electrons. The molecule has 3 nitrogen and oxygen atoms in total. The van der Waals surface area contributed by atoms with Crippen molar-refractivity contribution < 1.29 is 9.53 Å². The molecule has 0 aliphatic rings. The van der Waals surface area contributed by atoms with Crippen LogP contribution in [-0.2, 0) is 4.74 Å². The summed E-state index contributed by atoms with van der Waals surface area (Å²) in [6.07, 6.45) is 0. The van der Waals surface area contributed by atoms with E-state index < -0.39 is 0 Å². The van der Waals surface area contributed by atoms with Gasteiger partial charge in [0.2, 0.25) is 0 Å². The fourth-order valence-electron chi connectivity index (χ4n) is 0.769. The van der Waals surface area contributed by atoms with Crippen LogP contribution in [0.5, 0.6) is 0 Å². The van der Waals surface area contributed by atoms with Crippen molar-refractivity contribution in [1.82, 2.24) is 4.98 Å². The van der Waals surface area contributed by atoms with E-state index >= 15 is 0 Å². The van der Waals surface area contributed by atoms with Crippen LogP contribution in [0.2, 0.25) is 0 Å². The number of aromatic nitrogens is 1. The van der Waals surface area contributed by atoms with E-state index in [2.05, 4.69) is 11.6 Å². The first-order chi connectivity index (χ1) is 6.15. The zero-order chi connectivity index (χ0) is 9.84. The van der Waals surface area contributed by atoms with Crippen LogP contribution in [-0.4, -0.2) is 17.6 Å². The zero-order valence-electron chi connectivity index (χ0n) is 7.66. The Hall–Kier alpha value is -1.16. The monoisotopic (exact) mass is 197 g/mol. The highest BCUT2D eigenvalue weighted by Gasteiger charge is 2.11. The summed E-state index contributed by atoms with van der Waals surface area (Å²) >= 11 is 1.40. The largest absolute Gasteiger partial charge is 0.461 e. The van der Waals surface area contributed by atoms with Crippen LogP contribution in [0.15, 0.2) is 12.0 Å². The van der Waals surface area contributed by atoms with Crippen LogP contribution in [0.1, 0.15) is 29.3 Å². The number of hydrogen-bond donors (Lipinski definition) is 0. The highest BCUT2D eigenvalue weighted by Crippen LogP contribution is 2.17. The molecule has 1 aromatic rings. The van der Waals surface area contributed by atoms with E-state index in [1.165, 1.54) is 11.3 Å². The smallest absolute Gasteiger partial charge is 0.357 e. The van der Waals surface area contributed by atoms with Crippen molar-refractivity contribution >= 4 is 22.9 Å². The van der Waals surface area contributed by atoms with Crippen molar-refractivity contribution in [3.63, 3.8) is 0 Å². The van der Waals surface area contributed by atoms with Crippen molar-refractivity contribution in [1.29, 1.82) is 0 Å². The molecule has 0 bridgehead atoms. The summed E-state index contributed by atoms with van der Waals surface area (Å²) in [6, 6.07) is 0. The van der Waals surface area contributed by atoms with Crippen LogP contribution in [0.25, 0.3) is 5.57 Å². The quantitative estimate of drug-likeness (QED) is 0.698. The summed E-state index contributed by atoms with van der Waals surface area (Å²) < 4.78 is 4.80. The lowest BCUT2D eigenvalue weighted by Gasteiger charge is -1.95. The first kappa shape index (κ1) is 9.92.